The van der Waals surface area contributed by atoms with Crippen LogP contribution in [0.15, 0.2) is 51.3 Å². The minimum atomic E-state index is -3.79. The number of non-ortho nitro benzene ring substituents is 1. The lowest BCUT2D eigenvalue weighted by Crippen LogP contribution is -2.48. The zero-order valence-corrected chi connectivity index (χ0v) is 17.9. The van der Waals surface area contributed by atoms with Gasteiger partial charge in [0.15, 0.2) is 5.76 Å². The Hall–Kier alpha value is -2.60. The quantitative estimate of drug-likeness (QED) is 0.421. The molecule has 1 aliphatic heterocycles. The molecule has 3 heterocycles. The summed E-state index contributed by atoms with van der Waals surface area (Å²) in [6.07, 6.45) is 1.61. The predicted octanol–water partition coefficient (Wildman–Crippen LogP) is 3.13. The van der Waals surface area contributed by atoms with Crippen molar-refractivity contribution in [3.05, 3.63) is 62.7 Å². The van der Waals surface area contributed by atoms with Gasteiger partial charge in [0.05, 0.1) is 22.6 Å². The Bertz CT molecular complexity index is 1150. The second-order valence-electron chi connectivity index (χ2n) is 6.99. The van der Waals surface area contributed by atoms with Crippen molar-refractivity contribution in [1.82, 2.24) is 14.2 Å². The highest BCUT2D eigenvalue weighted by Gasteiger charge is 2.31. The van der Waals surface area contributed by atoms with Crippen LogP contribution in [0.2, 0.25) is 0 Å². The third kappa shape index (κ3) is 4.15. The Labute approximate surface area is 177 Å². The topological polar surface area (TPSA) is 110 Å². The number of nitrogens with zero attached hydrogens (tertiary/aromatic N) is 4. The number of aryl methyl sites for hydroxylation is 1. The molecule has 158 valence electrons. The second kappa shape index (κ2) is 8.26. The van der Waals surface area contributed by atoms with E-state index in [1.165, 1.54) is 16.4 Å². The van der Waals surface area contributed by atoms with Gasteiger partial charge in [0.1, 0.15) is 10.7 Å². The van der Waals surface area contributed by atoms with E-state index < -0.39 is 14.9 Å². The molecule has 4 rings (SSSR count). The van der Waals surface area contributed by atoms with Crippen LogP contribution in [0.1, 0.15) is 10.6 Å². The van der Waals surface area contributed by atoms with E-state index in [1.54, 1.807) is 24.5 Å². The van der Waals surface area contributed by atoms with Crippen molar-refractivity contribution in [2.45, 2.75) is 18.4 Å². The molecule has 0 amide bonds. The maximum atomic E-state index is 13.0. The van der Waals surface area contributed by atoms with Crippen LogP contribution >= 0.6 is 11.3 Å². The van der Waals surface area contributed by atoms with Crippen molar-refractivity contribution in [3.63, 3.8) is 0 Å². The number of furan rings is 1. The van der Waals surface area contributed by atoms with Gasteiger partial charge in [-0.2, -0.15) is 4.31 Å². The maximum absolute atomic E-state index is 13.0. The van der Waals surface area contributed by atoms with E-state index in [1.807, 2.05) is 17.5 Å². The van der Waals surface area contributed by atoms with Gasteiger partial charge in [0.2, 0.25) is 10.0 Å². The summed E-state index contributed by atoms with van der Waals surface area (Å²) >= 11 is 1.54. The van der Waals surface area contributed by atoms with E-state index in [0.717, 1.165) is 22.5 Å². The first-order chi connectivity index (χ1) is 14.3. The van der Waals surface area contributed by atoms with Crippen LogP contribution in [-0.2, 0) is 16.6 Å². The molecule has 1 aliphatic rings. The summed E-state index contributed by atoms with van der Waals surface area (Å²) in [6.45, 7) is 4.04. The van der Waals surface area contributed by atoms with Crippen molar-refractivity contribution in [1.29, 1.82) is 0 Å². The van der Waals surface area contributed by atoms with Gasteiger partial charge in [-0.15, -0.1) is 11.3 Å². The minimum Gasteiger partial charge on any atom is -0.463 e. The molecule has 0 aliphatic carbocycles. The molecule has 0 unspecified atom stereocenters. The van der Waals surface area contributed by atoms with Crippen molar-refractivity contribution in [2.75, 3.05) is 26.2 Å². The fourth-order valence-corrected chi connectivity index (χ4v) is 5.85. The van der Waals surface area contributed by atoms with Gasteiger partial charge in [0, 0.05) is 43.7 Å². The molecule has 0 bridgehead atoms. The molecule has 1 saturated heterocycles. The predicted molar refractivity (Wildman–Crippen MR) is 112 cm³/mol. The number of benzene rings is 1. The summed E-state index contributed by atoms with van der Waals surface area (Å²) in [5, 5.41) is 13.9. The molecule has 0 N–H and O–H groups in total. The smallest absolute Gasteiger partial charge is 0.270 e. The summed E-state index contributed by atoms with van der Waals surface area (Å²) in [4.78, 5) is 17.2. The van der Waals surface area contributed by atoms with Gasteiger partial charge in [-0.1, -0.05) is 6.07 Å². The molecule has 1 aromatic carbocycles. The lowest BCUT2D eigenvalue weighted by Gasteiger charge is -2.33. The maximum Gasteiger partial charge on any atom is 0.270 e. The molecule has 9 nitrogen and oxygen atoms in total. The normalized spacial score (nSPS) is 16.0. The second-order valence-corrected chi connectivity index (χ2v) is 9.84. The van der Waals surface area contributed by atoms with E-state index in [0.29, 0.717) is 38.3 Å². The first-order valence-electron chi connectivity index (χ1n) is 9.30. The molecule has 0 spiro atoms. The van der Waals surface area contributed by atoms with Crippen molar-refractivity contribution >= 4 is 27.0 Å². The number of nitro groups is 1. The van der Waals surface area contributed by atoms with Crippen molar-refractivity contribution < 1.29 is 17.8 Å². The molecule has 30 heavy (non-hydrogen) atoms. The molecule has 2 aromatic heterocycles. The lowest BCUT2D eigenvalue weighted by atomic mass is 10.2. The van der Waals surface area contributed by atoms with Crippen molar-refractivity contribution in [3.8, 4) is 11.5 Å². The van der Waals surface area contributed by atoms with Gasteiger partial charge < -0.3 is 4.42 Å². The van der Waals surface area contributed by atoms with Gasteiger partial charge in [-0.3, -0.25) is 15.0 Å². The Morgan fingerprint density at radius 2 is 2.00 bits per heavy atom. The van der Waals surface area contributed by atoms with Gasteiger partial charge in [-0.25, -0.2) is 13.4 Å². The van der Waals surface area contributed by atoms with Gasteiger partial charge in [0.25, 0.3) is 5.69 Å². The Morgan fingerprint density at radius 3 is 2.67 bits per heavy atom. The molecule has 1 fully saturated rings. The third-order valence-electron chi connectivity index (χ3n) is 5.02. The van der Waals surface area contributed by atoms with Crippen LogP contribution in [-0.4, -0.2) is 53.7 Å². The standard InChI is InChI=1S/C19H20N4O5S2/c1-14-4-5-15(23(24)25)11-18(14)30(26,27)22-8-6-21(7-9-22)12-19-20-16(13-29-19)17-3-2-10-28-17/h2-5,10-11,13H,6-9,12H2,1H3. The Balaban J connectivity index is 1.42. The number of aromatic nitrogens is 1. The summed E-state index contributed by atoms with van der Waals surface area (Å²) in [5.41, 5.74) is 1.06. The molecule has 0 radical (unpaired) electrons. The SMILES string of the molecule is Cc1ccc([N+](=O)[O-])cc1S(=O)(=O)N1CCN(Cc2nc(-c3ccco3)cs2)CC1. The van der Waals surface area contributed by atoms with E-state index >= 15 is 0 Å². The first kappa shape index (κ1) is 20.7. The number of hydrogen-bond donors (Lipinski definition) is 0. The molecule has 0 saturated carbocycles. The average molecular weight is 449 g/mol. The van der Waals surface area contributed by atoms with Crippen LogP contribution in [0.5, 0.6) is 0 Å². The lowest BCUT2D eigenvalue weighted by molar-refractivity contribution is -0.385. The van der Waals surface area contributed by atoms with E-state index in [2.05, 4.69) is 9.88 Å². The van der Waals surface area contributed by atoms with Crippen LogP contribution in [0.4, 0.5) is 5.69 Å². The van der Waals surface area contributed by atoms with Gasteiger partial charge in [-0.05, 0) is 24.6 Å². The molecular formula is C19H20N4O5S2. The average Bonchev–Trinajstić information content (AvgIpc) is 3.40. The number of sulfonamides is 1. The number of nitro benzene ring substituents is 1. The van der Waals surface area contributed by atoms with E-state index in [4.69, 9.17) is 4.42 Å². The summed E-state index contributed by atoms with van der Waals surface area (Å²) in [7, 11) is -3.79. The highest BCUT2D eigenvalue weighted by atomic mass is 32.2. The molecular weight excluding hydrogens is 428 g/mol. The zero-order valence-electron chi connectivity index (χ0n) is 16.2. The highest BCUT2D eigenvalue weighted by molar-refractivity contribution is 7.89. The third-order valence-corrected chi connectivity index (χ3v) is 7.89. The fraction of sp³-hybridized carbons (Fsp3) is 0.316. The monoisotopic (exact) mass is 448 g/mol. The number of hydrogen-bond acceptors (Lipinski definition) is 8. The number of thiazole rings is 1. The van der Waals surface area contributed by atoms with Crippen molar-refractivity contribution in [2.24, 2.45) is 0 Å². The minimum absolute atomic E-state index is 0.00633. The zero-order chi connectivity index (χ0) is 21.3. The van der Waals surface area contributed by atoms with Crippen LogP contribution < -0.4 is 0 Å². The van der Waals surface area contributed by atoms with Crippen LogP contribution in [0.3, 0.4) is 0 Å². The fourth-order valence-electron chi connectivity index (χ4n) is 3.36. The molecule has 11 heteroatoms. The molecule has 0 atom stereocenters. The number of piperazine rings is 1. The first-order valence-corrected chi connectivity index (χ1v) is 11.6. The van der Waals surface area contributed by atoms with E-state index in [-0.39, 0.29) is 10.6 Å². The Morgan fingerprint density at radius 1 is 1.23 bits per heavy atom. The largest absolute Gasteiger partial charge is 0.463 e. The van der Waals surface area contributed by atoms with E-state index in [9.17, 15) is 18.5 Å². The Kier molecular flexibility index (Phi) is 5.69. The number of rotatable bonds is 6. The van der Waals surface area contributed by atoms with Crippen LogP contribution in [0, 0.1) is 17.0 Å². The molecule has 3 aromatic rings. The van der Waals surface area contributed by atoms with Crippen LogP contribution in [0.25, 0.3) is 11.5 Å². The summed E-state index contributed by atoms with van der Waals surface area (Å²) in [5.74, 6) is 0.723. The summed E-state index contributed by atoms with van der Waals surface area (Å²) in [6, 6.07) is 7.61. The van der Waals surface area contributed by atoms with Gasteiger partial charge >= 0.3 is 0 Å². The summed E-state index contributed by atoms with van der Waals surface area (Å²) < 4.78 is 32.9. The highest BCUT2D eigenvalue weighted by Crippen LogP contribution is 2.27.